The zero-order valence-corrected chi connectivity index (χ0v) is 27.9. The molecule has 7 rings (SSSR count). The second kappa shape index (κ2) is 12.4. The summed E-state index contributed by atoms with van der Waals surface area (Å²) in [5.74, 6) is 1.23. The molecule has 1 saturated heterocycles. The molecule has 0 spiro atoms. The molecule has 2 aromatic heterocycles. The molecule has 0 aliphatic carbocycles. The van der Waals surface area contributed by atoms with Crippen molar-refractivity contribution in [2.45, 2.75) is 24.3 Å². The van der Waals surface area contributed by atoms with Crippen molar-refractivity contribution in [1.82, 2.24) is 14.9 Å². The van der Waals surface area contributed by atoms with Crippen LogP contribution in [0.2, 0.25) is 0 Å². The lowest BCUT2D eigenvalue weighted by molar-refractivity contribution is 0.124. The van der Waals surface area contributed by atoms with Gasteiger partial charge in [-0.15, -0.1) is 0 Å². The second-order valence-corrected chi connectivity index (χ2v) is 13.8. The van der Waals surface area contributed by atoms with Crippen LogP contribution in [0.15, 0.2) is 96.3 Å². The number of anilines is 2. The molecule has 3 aromatic carbocycles. The van der Waals surface area contributed by atoms with E-state index in [0.29, 0.717) is 66.4 Å². The lowest BCUT2D eigenvalue weighted by Crippen LogP contribution is -2.58. The molecule has 0 N–H and O–H groups in total. The van der Waals surface area contributed by atoms with Gasteiger partial charge in [0.25, 0.3) is 10.0 Å². The van der Waals surface area contributed by atoms with Crippen molar-refractivity contribution in [1.29, 1.82) is 5.26 Å². The lowest BCUT2D eigenvalue weighted by Gasteiger charge is -2.47. The minimum Gasteiger partial charge on any atom is -0.496 e. The van der Waals surface area contributed by atoms with E-state index in [1.807, 2.05) is 50.2 Å². The van der Waals surface area contributed by atoms with Crippen LogP contribution in [0.5, 0.6) is 11.5 Å². The molecule has 2 aliphatic rings. The number of piperazine rings is 1. The number of nitriles is 1. The van der Waals surface area contributed by atoms with Gasteiger partial charge in [0.15, 0.2) is 0 Å². The van der Waals surface area contributed by atoms with Crippen molar-refractivity contribution >= 4 is 32.3 Å². The Morgan fingerprint density at radius 2 is 1.69 bits per heavy atom. The molecule has 0 amide bonds. The van der Waals surface area contributed by atoms with E-state index in [1.54, 1.807) is 56.0 Å². The van der Waals surface area contributed by atoms with E-state index in [0.717, 1.165) is 22.4 Å². The van der Waals surface area contributed by atoms with Gasteiger partial charge in [-0.3, -0.25) is 19.2 Å². The van der Waals surface area contributed by atoms with Gasteiger partial charge in [0.05, 0.1) is 48.6 Å². The van der Waals surface area contributed by atoms with Crippen LogP contribution in [0.25, 0.3) is 10.9 Å². The Bertz CT molecular complexity index is 2150. The Hall–Kier alpha value is -5.18. The molecule has 0 bridgehead atoms. The summed E-state index contributed by atoms with van der Waals surface area (Å²) in [6, 6.07) is 24.5. The number of rotatable bonds is 8. The number of benzene rings is 3. The third kappa shape index (κ3) is 5.09. The van der Waals surface area contributed by atoms with E-state index < -0.39 is 15.6 Å². The number of sulfonamides is 1. The normalized spacial score (nSPS) is 18.0. The average molecular weight is 661 g/mol. The summed E-state index contributed by atoms with van der Waals surface area (Å²) in [6.45, 7) is 7.21. The van der Waals surface area contributed by atoms with Crippen LogP contribution in [-0.4, -0.2) is 69.7 Å². The predicted molar refractivity (Wildman–Crippen MR) is 185 cm³/mol. The van der Waals surface area contributed by atoms with Crippen LogP contribution >= 0.6 is 0 Å². The lowest BCUT2D eigenvalue weighted by atomic mass is 9.80. The molecule has 1 fully saturated rings. The molecule has 5 aromatic rings. The summed E-state index contributed by atoms with van der Waals surface area (Å²) in [7, 11) is -2.63. The summed E-state index contributed by atoms with van der Waals surface area (Å²) in [5, 5.41) is 10.7. The van der Waals surface area contributed by atoms with Crippen molar-refractivity contribution in [3.63, 3.8) is 0 Å². The molecule has 4 heterocycles. The summed E-state index contributed by atoms with van der Waals surface area (Å²) in [4.78, 5) is 13.5. The maximum Gasteiger partial charge on any atom is 0.266 e. The number of pyridine rings is 2. The van der Waals surface area contributed by atoms with Crippen LogP contribution in [0.3, 0.4) is 0 Å². The van der Waals surface area contributed by atoms with Gasteiger partial charge in [0.1, 0.15) is 16.4 Å². The zero-order chi connectivity index (χ0) is 33.5. The highest BCUT2D eigenvalue weighted by atomic mass is 32.2. The van der Waals surface area contributed by atoms with E-state index in [-0.39, 0.29) is 11.4 Å². The number of fused-ring (bicyclic) bond motifs is 2. The second-order valence-electron chi connectivity index (χ2n) is 12.0. The minimum atomic E-state index is -4.18. The maximum atomic E-state index is 15.0. The molecule has 1 unspecified atom stereocenters. The number of methoxy groups -OCH3 is 1. The van der Waals surface area contributed by atoms with Gasteiger partial charge in [-0.05, 0) is 74.5 Å². The first-order valence-electron chi connectivity index (χ1n) is 15.9. The van der Waals surface area contributed by atoms with E-state index in [1.165, 1.54) is 4.31 Å². The Labute approximate surface area is 280 Å². The predicted octanol–water partition coefficient (Wildman–Crippen LogP) is 5.49. The quantitative estimate of drug-likeness (QED) is 0.213. The summed E-state index contributed by atoms with van der Waals surface area (Å²) in [6.07, 6.45) is 5.18. The number of aromatic nitrogens is 2. The van der Waals surface area contributed by atoms with Crippen molar-refractivity contribution in [3.8, 4) is 17.6 Å². The van der Waals surface area contributed by atoms with Gasteiger partial charge in [-0.2, -0.15) is 5.26 Å². The molecule has 244 valence electrons. The SMILES string of the molecule is CCOc1ccc(C)cc1C1(N2CCN(c3ccncc3)CC2)CN(S(=O)(=O)c2ccc(OC)c3cccnc23)c2ccc(C#N)cc21. The number of ether oxygens (including phenoxy) is 2. The van der Waals surface area contributed by atoms with Crippen molar-refractivity contribution in [2.75, 3.05) is 55.6 Å². The van der Waals surface area contributed by atoms with Gasteiger partial charge in [-0.1, -0.05) is 17.7 Å². The molecule has 11 heteroatoms. The summed E-state index contributed by atoms with van der Waals surface area (Å²) < 4.78 is 43.3. The number of hydrogen-bond acceptors (Lipinski definition) is 9. The molecule has 0 saturated carbocycles. The van der Waals surface area contributed by atoms with Crippen LogP contribution in [0.4, 0.5) is 11.4 Å². The Morgan fingerprint density at radius 3 is 2.42 bits per heavy atom. The Morgan fingerprint density at radius 1 is 0.917 bits per heavy atom. The van der Waals surface area contributed by atoms with E-state index in [2.05, 4.69) is 31.9 Å². The molecule has 1 atom stereocenters. The average Bonchev–Trinajstić information content (AvgIpc) is 3.48. The van der Waals surface area contributed by atoms with E-state index in [9.17, 15) is 13.7 Å². The fourth-order valence-corrected chi connectivity index (χ4v) is 8.85. The molecule has 10 nitrogen and oxygen atoms in total. The molecular weight excluding hydrogens is 625 g/mol. The highest BCUT2D eigenvalue weighted by Gasteiger charge is 2.54. The Balaban J connectivity index is 1.44. The largest absolute Gasteiger partial charge is 0.496 e. The molecular formula is C37H36N6O4S. The van der Waals surface area contributed by atoms with Crippen molar-refractivity contribution in [3.05, 3.63) is 114 Å². The smallest absolute Gasteiger partial charge is 0.266 e. The van der Waals surface area contributed by atoms with Crippen molar-refractivity contribution in [2.24, 2.45) is 0 Å². The highest BCUT2D eigenvalue weighted by Crippen LogP contribution is 2.52. The van der Waals surface area contributed by atoms with Gasteiger partial charge < -0.3 is 14.4 Å². The van der Waals surface area contributed by atoms with Crippen LogP contribution in [0.1, 0.15) is 29.2 Å². The van der Waals surface area contributed by atoms with Gasteiger partial charge in [0, 0.05) is 67.0 Å². The maximum absolute atomic E-state index is 15.0. The Kier molecular flexibility index (Phi) is 8.15. The first kappa shape index (κ1) is 31.4. The van der Waals surface area contributed by atoms with Crippen LogP contribution in [-0.2, 0) is 15.6 Å². The monoisotopic (exact) mass is 660 g/mol. The van der Waals surface area contributed by atoms with Crippen LogP contribution < -0.4 is 18.7 Å². The fraction of sp³-hybridized carbons (Fsp3) is 0.270. The molecule has 2 aliphatic heterocycles. The fourth-order valence-electron chi connectivity index (χ4n) is 7.19. The first-order chi connectivity index (χ1) is 23.3. The van der Waals surface area contributed by atoms with Gasteiger partial charge >= 0.3 is 0 Å². The van der Waals surface area contributed by atoms with Gasteiger partial charge in [0.2, 0.25) is 0 Å². The molecule has 0 radical (unpaired) electrons. The van der Waals surface area contributed by atoms with E-state index >= 15 is 0 Å². The number of hydrogen-bond donors (Lipinski definition) is 0. The number of aryl methyl sites for hydroxylation is 1. The third-order valence-corrected chi connectivity index (χ3v) is 11.2. The first-order valence-corrected chi connectivity index (χ1v) is 17.4. The topological polar surface area (TPSA) is 112 Å². The third-order valence-electron chi connectivity index (χ3n) is 9.42. The van der Waals surface area contributed by atoms with Crippen LogP contribution in [0, 0.1) is 18.3 Å². The summed E-state index contributed by atoms with van der Waals surface area (Å²) in [5.41, 5.74) is 4.07. The molecule has 48 heavy (non-hydrogen) atoms. The minimum absolute atomic E-state index is 0.0820. The highest BCUT2D eigenvalue weighted by molar-refractivity contribution is 7.93. The van der Waals surface area contributed by atoms with Gasteiger partial charge in [-0.25, -0.2) is 8.42 Å². The zero-order valence-electron chi connectivity index (χ0n) is 27.1. The number of nitrogens with zero attached hydrogens (tertiary/aromatic N) is 6. The van der Waals surface area contributed by atoms with Crippen molar-refractivity contribution < 1.29 is 17.9 Å². The standard InChI is InChI=1S/C37H36N6O4S/c1-4-47-34-10-7-26(2)22-31(34)37(42-20-18-41(19-21-42)28-13-16-39-17-14-28)25-43(32-9-8-27(24-38)23-30(32)37)48(44,45)35-12-11-33(46-3)29-6-5-15-40-36(29)35/h5-17,22-23H,4,18-21,25H2,1-3H3. The van der Waals surface area contributed by atoms with E-state index in [4.69, 9.17) is 9.47 Å². The summed E-state index contributed by atoms with van der Waals surface area (Å²) >= 11 is 0.